The molecule has 1 heterocycles. The molecular formula is C21H23NO2. The first kappa shape index (κ1) is 16.3. The number of ether oxygens (including phenoxy) is 1. The summed E-state index contributed by atoms with van der Waals surface area (Å²) in [4.78, 5) is 14.2. The Labute approximate surface area is 143 Å². The highest BCUT2D eigenvalue weighted by molar-refractivity contribution is 5.79. The van der Waals surface area contributed by atoms with Gasteiger partial charge in [0.15, 0.2) is 6.61 Å². The minimum atomic E-state index is 0.0385. The molecule has 2 aromatic carbocycles. The third-order valence-electron chi connectivity index (χ3n) is 4.55. The number of nitrogens with zero attached hydrogens (tertiary/aromatic N) is 1. The van der Waals surface area contributed by atoms with Crippen LogP contribution in [0.1, 0.15) is 23.1 Å². The van der Waals surface area contributed by atoms with Crippen LogP contribution in [0.25, 0.3) is 5.57 Å². The molecule has 0 saturated heterocycles. The number of aryl methyl sites for hydroxylation is 2. The number of carbonyl (C=O) groups is 1. The molecule has 0 unspecified atom stereocenters. The van der Waals surface area contributed by atoms with Gasteiger partial charge in [-0.25, -0.2) is 0 Å². The molecule has 3 rings (SSSR count). The van der Waals surface area contributed by atoms with E-state index >= 15 is 0 Å². The van der Waals surface area contributed by atoms with E-state index in [-0.39, 0.29) is 12.5 Å². The van der Waals surface area contributed by atoms with E-state index in [0.717, 1.165) is 18.7 Å². The lowest BCUT2D eigenvalue weighted by molar-refractivity contribution is -0.132. The number of benzene rings is 2. The van der Waals surface area contributed by atoms with Crippen LogP contribution in [-0.2, 0) is 4.79 Å². The van der Waals surface area contributed by atoms with Gasteiger partial charge >= 0.3 is 0 Å². The number of rotatable bonds is 4. The summed E-state index contributed by atoms with van der Waals surface area (Å²) >= 11 is 0. The van der Waals surface area contributed by atoms with Crippen molar-refractivity contribution in [2.45, 2.75) is 20.3 Å². The van der Waals surface area contributed by atoms with E-state index < -0.39 is 0 Å². The van der Waals surface area contributed by atoms with Crippen LogP contribution in [0.4, 0.5) is 0 Å². The predicted molar refractivity (Wildman–Crippen MR) is 97.0 cm³/mol. The van der Waals surface area contributed by atoms with Gasteiger partial charge in [-0.2, -0.15) is 0 Å². The van der Waals surface area contributed by atoms with Gasteiger partial charge in [-0.05, 0) is 54.7 Å². The summed E-state index contributed by atoms with van der Waals surface area (Å²) in [7, 11) is 0. The van der Waals surface area contributed by atoms with Crippen molar-refractivity contribution in [1.82, 2.24) is 4.90 Å². The summed E-state index contributed by atoms with van der Waals surface area (Å²) in [6, 6.07) is 16.3. The van der Waals surface area contributed by atoms with Crippen LogP contribution >= 0.6 is 0 Å². The predicted octanol–water partition coefficient (Wildman–Crippen LogP) is 4.00. The molecule has 0 aliphatic carbocycles. The number of carbonyl (C=O) groups excluding carboxylic acids is 1. The van der Waals surface area contributed by atoms with Crippen LogP contribution in [0.2, 0.25) is 0 Å². The molecule has 2 aromatic rings. The monoisotopic (exact) mass is 321 g/mol. The van der Waals surface area contributed by atoms with E-state index in [9.17, 15) is 4.79 Å². The lowest BCUT2D eigenvalue weighted by atomic mass is 10.00. The van der Waals surface area contributed by atoms with Crippen molar-refractivity contribution < 1.29 is 9.53 Å². The van der Waals surface area contributed by atoms with Gasteiger partial charge < -0.3 is 9.64 Å². The van der Waals surface area contributed by atoms with Crippen LogP contribution in [-0.4, -0.2) is 30.5 Å². The highest BCUT2D eigenvalue weighted by Crippen LogP contribution is 2.22. The minimum absolute atomic E-state index is 0.0385. The first-order valence-electron chi connectivity index (χ1n) is 8.36. The Morgan fingerprint density at radius 3 is 2.54 bits per heavy atom. The maximum absolute atomic E-state index is 12.3. The third-order valence-corrected chi connectivity index (χ3v) is 4.55. The fourth-order valence-electron chi connectivity index (χ4n) is 2.85. The summed E-state index contributed by atoms with van der Waals surface area (Å²) in [5, 5.41) is 0. The summed E-state index contributed by atoms with van der Waals surface area (Å²) in [5.41, 5.74) is 4.96. The highest BCUT2D eigenvalue weighted by atomic mass is 16.5. The fraction of sp³-hybridized carbons (Fsp3) is 0.286. The molecule has 0 saturated carbocycles. The molecular weight excluding hydrogens is 298 g/mol. The normalized spacial score (nSPS) is 14.2. The molecule has 1 aliphatic rings. The molecule has 0 aromatic heterocycles. The Morgan fingerprint density at radius 2 is 1.88 bits per heavy atom. The number of amides is 1. The van der Waals surface area contributed by atoms with Gasteiger partial charge in [0, 0.05) is 13.1 Å². The topological polar surface area (TPSA) is 29.5 Å². The zero-order valence-electron chi connectivity index (χ0n) is 14.3. The van der Waals surface area contributed by atoms with Crippen molar-refractivity contribution in [2.75, 3.05) is 19.7 Å². The van der Waals surface area contributed by atoms with Crippen LogP contribution in [0, 0.1) is 13.8 Å². The van der Waals surface area contributed by atoms with Crippen molar-refractivity contribution in [3.8, 4) is 5.75 Å². The van der Waals surface area contributed by atoms with E-state index in [4.69, 9.17) is 4.74 Å². The maximum Gasteiger partial charge on any atom is 0.260 e. The molecule has 3 heteroatoms. The third kappa shape index (κ3) is 3.85. The van der Waals surface area contributed by atoms with Crippen LogP contribution in [0.3, 0.4) is 0 Å². The first-order chi connectivity index (χ1) is 11.6. The van der Waals surface area contributed by atoms with E-state index in [0.29, 0.717) is 6.54 Å². The second-order valence-corrected chi connectivity index (χ2v) is 6.22. The van der Waals surface area contributed by atoms with E-state index in [1.165, 1.54) is 22.3 Å². The van der Waals surface area contributed by atoms with Gasteiger partial charge in [0.25, 0.3) is 5.91 Å². The van der Waals surface area contributed by atoms with Crippen molar-refractivity contribution in [2.24, 2.45) is 0 Å². The van der Waals surface area contributed by atoms with Gasteiger partial charge in [-0.15, -0.1) is 0 Å². The Bertz CT molecular complexity index is 750. The summed E-state index contributed by atoms with van der Waals surface area (Å²) < 4.78 is 5.66. The van der Waals surface area contributed by atoms with E-state index in [1.54, 1.807) is 0 Å². The summed E-state index contributed by atoms with van der Waals surface area (Å²) in [6.07, 6.45) is 3.03. The molecule has 24 heavy (non-hydrogen) atoms. The minimum Gasteiger partial charge on any atom is -0.484 e. The molecule has 0 atom stereocenters. The lowest BCUT2D eigenvalue weighted by Crippen LogP contribution is -2.37. The standard InChI is InChI=1S/C21H23NO2/c1-16-8-9-20(14-17(16)2)24-15-21(23)22-12-10-19(11-13-22)18-6-4-3-5-7-18/h3-10,14H,11-13,15H2,1-2H3. The van der Waals surface area contributed by atoms with Crippen LogP contribution in [0.15, 0.2) is 54.6 Å². The summed E-state index contributed by atoms with van der Waals surface area (Å²) in [6.45, 7) is 5.60. The van der Waals surface area contributed by atoms with Crippen molar-refractivity contribution in [1.29, 1.82) is 0 Å². The summed E-state index contributed by atoms with van der Waals surface area (Å²) in [5.74, 6) is 0.792. The molecule has 0 spiro atoms. The Morgan fingerprint density at radius 1 is 1.08 bits per heavy atom. The van der Waals surface area contributed by atoms with Crippen molar-refractivity contribution >= 4 is 11.5 Å². The van der Waals surface area contributed by atoms with Crippen molar-refractivity contribution in [3.63, 3.8) is 0 Å². The zero-order chi connectivity index (χ0) is 16.9. The average molecular weight is 321 g/mol. The number of hydrogen-bond acceptors (Lipinski definition) is 2. The first-order valence-corrected chi connectivity index (χ1v) is 8.36. The van der Waals surface area contributed by atoms with Gasteiger partial charge in [-0.1, -0.05) is 42.5 Å². The molecule has 124 valence electrons. The van der Waals surface area contributed by atoms with Gasteiger partial charge in [0.05, 0.1) is 0 Å². The van der Waals surface area contributed by atoms with E-state index in [1.807, 2.05) is 48.2 Å². The average Bonchev–Trinajstić information content (AvgIpc) is 2.63. The number of hydrogen-bond donors (Lipinski definition) is 0. The van der Waals surface area contributed by atoms with Gasteiger partial charge in [0.1, 0.15) is 5.75 Å². The zero-order valence-corrected chi connectivity index (χ0v) is 14.3. The van der Waals surface area contributed by atoms with E-state index in [2.05, 4.69) is 25.1 Å². The van der Waals surface area contributed by atoms with Gasteiger partial charge in [0.2, 0.25) is 0 Å². The molecule has 0 radical (unpaired) electrons. The quantitative estimate of drug-likeness (QED) is 0.852. The van der Waals surface area contributed by atoms with Crippen molar-refractivity contribution in [3.05, 3.63) is 71.3 Å². The smallest absolute Gasteiger partial charge is 0.260 e. The molecule has 1 amide bonds. The lowest BCUT2D eigenvalue weighted by Gasteiger charge is -2.26. The fourth-order valence-corrected chi connectivity index (χ4v) is 2.85. The maximum atomic E-state index is 12.3. The Balaban J connectivity index is 1.55. The Kier molecular flexibility index (Phi) is 4.99. The molecule has 3 nitrogen and oxygen atoms in total. The molecule has 1 aliphatic heterocycles. The SMILES string of the molecule is Cc1ccc(OCC(=O)N2CC=C(c3ccccc3)CC2)cc1C. The largest absolute Gasteiger partial charge is 0.484 e. The highest BCUT2D eigenvalue weighted by Gasteiger charge is 2.18. The molecule has 0 fully saturated rings. The second kappa shape index (κ2) is 7.35. The second-order valence-electron chi connectivity index (χ2n) is 6.22. The van der Waals surface area contributed by atoms with Crippen LogP contribution < -0.4 is 4.74 Å². The molecule has 0 N–H and O–H groups in total. The molecule has 0 bridgehead atoms. The van der Waals surface area contributed by atoms with Crippen LogP contribution in [0.5, 0.6) is 5.75 Å². The Hall–Kier alpha value is -2.55. The van der Waals surface area contributed by atoms with Gasteiger partial charge in [-0.3, -0.25) is 4.79 Å².